The molecular weight excluding hydrogens is 236 g/mol. The quantitative estimate of drug-likeness (QED) is 0.879. The van der Waals surface area contributed by atoms with Crippen LogP contribution in [0.4, 0.5) is 0 Å². The van der Waals surface area contributed by atoms with E-state index < -0.39 is 0 Å². The van der Waals surface area contributed by atoms with E-state index in [1.54, 1.807) is 6.20 Å². The smallest absolute Gasteiger partial charge is 0.267 e. The topological polar surface area (TPSA) is 58.1 Å². The highest BCUT2D eigenvalue weighted by Gasteiger charge is 2.27. The molecule has 17 heavy (non-hydrogen) atoms. The van der Waals surface area contributed by atoms with E-state index in [-0.39, 0.29) is 5.91 Å². The SMILES string of the molecule is CNC1CCC(N(C)C(=O)c2cnns2)CC1. The summed E-state index contributed by atoms with van der Waals surface area (Å²) < 4.78 is 3.73. The van der Waals surface area contributed by atoms with Crippen molar-refractivity contribution in [3.8, 4) is 0 Å². The molecule has 0 aromatic carbocycles. The third-order valence-corrected chi connectivity index (χ3v) is 4.20. The normalized spacial score (nSPS) is 24.6. The van der Waals surface area contributed by atoms with Crippen molar-refractivity contribution in [1.82, 2.24) is 19.8 Å². The Morgan fingerprint density at radius 2 is 2.18 bits per heavy atom. The van der Waals surface area contributed by atoms with Gasteiger partial charge in [0.25, 0.3) is 5.91 Å². The van der Waals surface area contributed by atoms with Crippen molar-refractivity contribution in [1.29, 1.82) is 0 Å². The summed E-state index contributed by atoms with van der Waals surface area (Å²) in [5.74, 6) is 0.0490. The zero-order valence-corrected chi connectivity index (χ0v) is 11.0. The van der Waals surface area contributed by atoms with Gasteiger partial charge in [-0.1, -0.05) is 4.49 Å². The molecule has 94 valence electrons. The lowest BCUT2D eigenvalue weighted by Gasteiger charge is -2.34. The van der Waals surface area contributed by atoms with Crippen LogP contribution in [-0.2, 0) is 0 Å². The molecule has 0 saturated heterocycles. The van der Waals surface area contributed by atoms with E-state index in [2.05, 4.69) is 14.9 Å². The minimum atomic E-state index is 0.0490. The third-order valence-electron chi connectivity index (χ3n) is 3.55. The molecule has 1 amide bonds. The van der Waals surface area contributed by atoms with E-state index in [9.17, 15) is 4.79 Å². The van der Waals surface area contributed by atoms with Crippen molar-refractivity contribution in [2.24, 2.45) is 0 Å². The first-order valence-corrected chi connectivity index (χ1v) is 6.71. The maximum atomic E-state index is 12.1. The third kappa shape index (κ3) is 2.81. The van der Waals surface area contributed by atoms with Gasteiger partial charge in [-0.2, -0.15) is 0 Å². The molecule has 1 aliphatic rings. The Hall–Kier alpha value is -1.01. The molecule has 0 radical (unpaired) electrons. The molecule has 1 saturated carbocycles. The van der Waals surface area contributed by atoms with Crippen LogP contribution >= 0.6 is 11.5 Å². The summed E-state index contributed by atoms with van der Waals surface area (Å²) in [5.41, 5.74) is 0. The second-order valence-electron chi connectivity index (χ2n) is 4.49. The Bertz CT molecular complexity index is 360. The molecule has 6 heteroatoms. The lowest BCUT2D eigenvalue weighted by Crippen LogP contribution is -2.42. The molecule has 0 atom stereocenters. The van der Waals surface area contributed by atoms with E-state index in [4.69, 9.17) is 0 Å². The number of rotatable bonds is 3. The van der Waals surface area contributed by atoms with Crippen molar-refractivity contribution in [2.75, 3.05) is 14.1 Å². The molecule has 5 nitrogen and oxygen atoms in total. The van der Waals surface area contributed by atoms with Crippen LogP contribution in [0.2, 0.25) is 0 Å². The molecule has 1 heterocycles. The maximum Gasteiger partial charge on any atom is 0.267 e. The zero-order chi connectivity index (χ0) is 12.3. The van der Waals surface area contributed by atoms with Crippen molar-refractivity contribution in [3.63, 3.8) is 0 Å². The molecule has 1 aromatic rings. The molecule has 1 N–H and O–H groups in total. The lowest BCUT2D eigenvalue weighted by atomic mass is 9.90. The summed E-state index contributed by atoms with van der Waals surface area (Å²) in [5, 5.41) is 7.01. The second kappa shape index (κ2) is 5.55. The Balaban J connectivity index is 1.92. The fourth-order valence-corrected chi connectivity index (χ4v) is 2.85. The number of aromatic nitrogens is 2. The molecule has 0 bridgehead atoms. The van der Waals surface area contributed by atoms with Crippen molar-refractivity contribution < 1.29 is 4.79 Å². The van der Waals surface area contributed by atoms with Crippen LogP contribution in [-0.4, -0.2) is 46.6 Å². The average molecular weight is 254 g/mol. The Morgan fingerprint density at radius 3 is 2.71 bits per heavy atom. The number of carbonyl (C=O) groups is 1. The van der Waals surface area contributed by atoms with Crippen molar-refractivity contribution >= 4 is 17.4 Å². The molecular formula is C11H18N4OS. The molecule has 2 rings (SSSR count). The molecule has 1 aromatic heterocycles. The highest BCUT2D eigenvalue weighted by Crippen LogP contribution is 2.23. The number of carbonyl (C=O) groups excluding carboxylic acids is 1. The zero-order valence-electron chi connectivity index (χ0n) is 10.2. The fraction of sp³-hybridized carbons (Fsp3) is 0.727. The number of hydrogen-bond donors (Lipinski definition) is 1. The van der Waals surface area contributed by atoms with Gasteiger partial charge in [-0.25, -0.2) is 0 Å². The summed E-state index contributed by atoms with van der Waals surface area (Å²) in [7, 11) is 3.88. The van der Waals surface area contributed by atoms with Crippen molar-refractivity contribution in [2.45, 2.75) is 37.8 Å². The van der Waals surface area contributed by atoms with Crippen LogP contribution in [0.15, 0.2) is 6.20 Å². The predicted octanol–water partition coefficient (Wildman–Crippen LogP) is 1.14. The van der Waals surface area contributed by atoms with Crippen LogP contribution < -0.4 is 5.32 Å². The van der Waals surface area contributed by atoms with Gasteiger partial charge in [-0.3, -0.25) is 4.79 Å². The number of nitrogens with one attached hydrogen (secondary N) is 1. The first-order valence-electron chi connectivity index (χ1n) is 5.94. The van der Waals surface area contributed by atoms with E-state index in [0.29, 0.717) is 17.0 Å². The minimum Gasteiger partial charge on any atom is -0.338 e. The van der Waals surface area contributed by atoms with Crippen LogP contribution in [0.1, 0.15) is 35.4 Å². The van der Waals surface area contributed by atoms with Gasteiger partial charge in [0, 0.05) is 19.1 Å². The first-order chi connectivity index (χ1) is 8.22. The fourth-order valence-electron chi connectivity index (χ4n) is 2.35. The second-order valence-corrected chi connectivity index (χ2v) is 5.28. The van der Waals surface area contributed by atoms with Gasteiger partial charge in [0.15, 0.2) is 0 Å². The van der Waals surface area contributed by atoms with E-state index >= 15 is 0 Å². The van der Waals surface area contributed by atoms with Crippen LogP contribution in [0.3, 0.4) is 0 Å². The standard InChI is InChI=1S/C11H18N4OS/c1-12-8-3-5-9(6-4-8)15(2)11(16)10-7-13-14-17-10/h7-9,12H,3-6H2,1-2H3. The highest BCUT2D eigenvalue weighted by atomic mass is 32.1. The van der Waals surface area contributed by atoms with E-state index in [1.165, 1.54) is 0 Å². The summed E-state index contributed by atoms with van der Waals surface area (Å²) in [4.78, 5) is 14.6. The van der Waals surface area contributed by atoms with Gasteiger partial charge in [-0.15, -0.1) is 5.10 Å². The monoisotopic (exact) mass is 254 g/mol. The molecule has 0 spiro atoms. The van der Waals surface area contributed by atoms with Gasteiger partial charge >= 0.3 is 0 Å². The van der Waals surface area contributed by atoms with Gasteiger partial charge in [-0.05, 0) is 44.3 Å². The minimum absolute atomic E-state index is 0.0490. The van der Waals surface area contributed by atoms with E-state index in [1.807, 2.05) is 19.0 Å². The van der Waals surface area contributed by atoms with Gasteiger partial charge < -0.3 is 10.2 Å². The van der Waals surface area contributed by atoms with E-state index in [0.717, 1.165) is 37.2 Å². The van der Waals surface area contributed by atoms with Gasteiger partial charge in [0.05, 0.1) is 6.20 Å². The molecule has 1 fully saturated rings. The molecule has 1 aliphatic carbocycles. The van der Waals surface area contributed by atoms with Gasteiger partial charge in [0.2, 0.25) is 0 Å². The maximum absolute atomic E-state index is 12.1. The van der Waals surface area contributed by atoms with Crippen LogP contribution in [0, 0.1) is 0 Å². The van der Waals surface area contributed by atoms with Gasteiger partial charge in [0.1, 0.15) is 4.88 Å². The lowest BCUT2D eigenvalue weighted by molar-refractivity contribution is 0.0690. The average Bonchev–Trinajstić information content (AvgIpc) is 2.91. The van der Waals surface area contributed by atoms with Crippen molar-refractivity contribution in [3.05, 3.63) is 11.1 Å². The molecule has 0 unspecified atom stereocenters. The Morgan fingerprint density at radius 1 is 1.47 bits per heavy atom. The number of amides is 1. The summed E-state index contributed by atoms with van der Waals surface area (Å²) in [6.07, 6.45) is 5.96. The Kier molecular flexibility index (Phi) is 4.06. The number of hydrogen-bond acceptors (Lipinski definition) is 5. The summed E-state index contributed by atoms with van der Waals surface area (Å²) >= 11 is 1.16. The number of nitrogens with zero attached hydrogens (tertiary/aromatic N) is 3. The Labute approximate surface area is 105 Å². The first kappa shape index (κ1) is 12.4. The molecule has 0 aliphatic heterocycles. The van der Waals surface area contributed by atoms with Crippen LogP contribution in [0.5, 0.6) is 0 Å². The van der Waals surface area contributed by atoms with Crippen LogP contribution in [0.25, 0.3) is 0 Å². The predicted molar refractivity (Wildman–Crippen MR) is 67.1 cm³/mol. The highest BCUT2D eigenvalue weighted by molar-refractivity contribution is 7.07. The largest absolute Gasteiger partial charge is 0.338 e. The summed E-state index contributed by atoms with van der Waals surface area (Å²) in [6.45, 7) is 0. The summed E-state index contributed by atoms with van der Waals surface area (Å²) in [6, 6.07) is 0.967.